The second-order valence-electron chi connectivity index (χ2n) is 12.2. The molecule has 0 aliphatic heterocycles. The number of alkyl halides is 9. The van der Waals surface area contributed by atoms with E-state index >= 15 is 0 Å². The number of hydrazine groups is 2. The average Bonchev–Trinajstić information content (AvgIpc) is 3.90. The molecule has 2 aliphatic rings. The SMILES string of the molecule is CN=C(NN(C)N)N(Cc1cc(C(F)(F)F)cc(C(F)(F)F)c1)Cc1cc2cccc(C(F)(F)F)c2nc1N(CC1CC1)CC1CC1. The van der Waals surface area contributed by atoms with Crippen molar-refractivity contribution in [1.29, 1.82) is 0 Å². The van der Waals surface area contributed by atoms with Gasteiger partial charge in [-0.15, -0.1) is 0 Å². The second-order valence-corrected chi connectivity index (χ2v) is 12.2. The van der Waals surface area contributed by atoms with Crippen LogP contribution in [0.25, 0.3) is 10.9 Å². The molecule has 3 aromatic rings. The van der Waals surface area contributed by atoms with Gasteiger partial charge in [0.05, 0.1) is 22.2 Å². The molecule has 7 nitrogen and oxygen atoms in total. The van der Waals surface area contributed by atoms with Crippen molar-refractivity contribution in [2.75, 3.05) is 32.1 Å². The van der Waals surface area contributed by atoms with E-state index in [1.54, 1.807) is 6.07 Å². The van der Waals surface area contributed by atoms with E-state index in [-0.39, 0.29) is 40.9 Å². The normalized spacial score (nSPS) is 16.2. The van der Waals surface area contributed by atoms with Gasteiger partial charge < -0.3 is 9.80 Å². The number of halogens is 9. The van der Waals surface area contributed by atoms with Gasteiger partial charge in [0.2, 0.25) is 5.96 Å². The predicted octanol–water partition coefficient (Wildman–Crippen LogP) is 7.22. The Kier molecular flexibility index (Phi) is 9.57. The number of para-hydroxylation sites is 1. The highest BCUT2D eigenvalue weighted by molar-refractivity contribution is 5.86. The van der Waals surface area contributed by atoms with E-state index in [1.165, 1.54) is 31.1 Å². The largest absolute Gasteiger partial charge is 0.418 e. The number of hydrogen-bond acceptors (Lipinski definition) is 5. The molecule has 0 atom stereocenters. The molecule has 3 N–H and O–H groups in total. The quantitative estimate of drug-likeness (QED) is 0.0778. The molecule has 2 fully saturated rings. The number of nitrogens with two attached hydrogens (primary N) is 1. The Balaban J connectivity index is 1.65. The fourth-order valence-corrected chi connectivity index (χ4v) is 5.49. The molecule has 256 valence electrons. The molecule has 0 spiro atoms. The van der Waals surface area contributed by atoms with E-state index in [0.717, 1.165) is 36.9 Å². The average molecular weight is 676 g/mol. The van der Waals surface area contributed by atoms with Crippen LogP contribution in [0.3, 0.4) is 0 Å². The number of aliphatic imine (C=N–C) groups is 1. The summed E-state index contributed by atoms with van der Waals surface area (Å²) in [7, 11) is 2.76. The Hall–Kier alpha value is -3.79. The van der Waals surface area contributed by atoms with Gasteiger partial charge in [0.15, 0.2) is 0 Å². The number of hydrogen-bond donors (Lipinski definition) is 2. The van der Waals surface area contributed by atoms with Gasteiger partial charge in [-0.2, -0.15) is 44.6 Å². The number of nitrogens with one attached hydrogen (secondary N) is 1. The molecule has 2 aromatic carbocycles. The first-order valence-corrected chi connectivity index (χ1v) is 14.9. The number of nitrogens with zero attached hydrogens (tertiary/aromatic N) is 5. The zero-order valence-corrected chi connectivity index (χ0v) is 25.6. The van der Waals surface area contributed by atoms with Crippen molar-refractivity contribution in [3.8, 4) is 0 Å². The molecule has 0 radical (unpaired) electrons. The lowest BCUT2D eigenvalue weighted by atomic mass is 10.0. The van der Waals surface area contributed by atoms with E-state index < -0.39 is 41.8 Å². The highest BCUT2D eigenvalue weighted by Crippen LogP contribution is 2.40. The Morgan fingerprint density at radius 2 is 1.43 bits per heavy atom. The molecule has 2 saturated carbocycles. The number of fused-ring (bicyclic) bond motifs is 1. The fraction of sp³-hybridized carbons (Fsp3) is 0.484. The lowest BCUT2D eigenvalue weighted by Gasteiger charge is -2.32. The van der Waals surface area contributed by atoms with E-state index in [1.807, 2.05) is 4.90 Å². The molecule has 0 unspecified atom stereocenters. The summed E-state index contributed by atoms with van der Waals surface area (Å²) in [5.74, 6) is 6.71. The maximum absolute atomic E-state index is 14.1. The summed E-state index contributed by atoms with van der Waals surface area (Å²) in [6, 6.07) is 6.53. The van der Waals surface area contributed by atoms with Crippen molar-refractivity contribution in [3.63, 3.8) is 0 Å². The molecule has 1 aromatic heterocycles. The number of pyridine rings is 1. The fourth-order valence-electron chi connectivity index (χ4n) is 5.49. The van der Waals surface area contributed by atoms with Crippen LogP contribution < -0.4 is 16.2 Å². The van der Waals surface area contributed by atoms with Crippen molar-refractivity contribution in [3.05, 3.63) is 70.3 Å². The van der Waals surface area contributed by atoms with Crippen molar-refractivity contribution >= 4 is 22.7 Å². The number of guanidine groups is 1. The Bertz CT molecular complexity index is 1560. The van der Waals surface area contributed by atoms with E-state index in [2.05, 4.69) is 15.4 Å². The third-order valence-corrected chi connectivity index (χ3v) is 8.03. The first-order valence-electron chi connectivity index (χ1n) is 14.9. The van der Waals surface area contributed by atoms with Gasteiger partial charge in [-0.25, -0.2) is 4.98 Å². The summed E-state index contributed by atoms with van der Waals surface area (Å²) in [6.07, 6.45) is -11.0. The molecular weight excluding hydrogens is 641 g/mol. The van der Waals surface area contributed by atoms with E-state index in [0.29, 0.717) is 42.6 Å². The molecule has 47 heavy (non-hydrogen) atoms. The first kappa shape index (κ1) is 34.5. The zero-order valence-electron chi connectivity index (χ0n) is 25.6. The van der Waals surface area contributed by atoms with E-state index in [4.69, 9.17) is 5.84 Å². The highest BCUT2D eigenvalue weighted by Gasteiger charge is 2.38. The number of anilines is 1. The van der Waals surface area contributed by atoms with Crippen molar-refractivity contribution in [1.82, 2.24) is 20.4 Å². The minimum atomic E-state index is -5.06. The van der Waals surface area contributed by atoms with Crippen LogP contribution in [0.1, 0.15) is 53.5 Å². The molecule has 0 saturated heterocycles. The summed E-state index contributed by atoms with van der Waals surface area (Å²) >= 11 is 0. The monoisotopic (exact) mass is 675 g/mol. The summed E-state index contributed by atoms with van der Waals surface area (Å²) in [5, 5.41) is 1.18. The predicted molar refractivity (Wildman–Crippen MR) is 159 cm³/mol. The summed E-state index contributed by atoms with van der Waals surface area (Å²) < 4.78 is 125. The minimum absolute atomic E-state index is 0.00741. The zero-order chi connectivity index (χ0) is 34.3. The van der Waals surface area contributed by atoms with E-state index in [9.17, 15) is 39.5 Å². The highest BCUT2D eigenvalue weighted by atomic mass is 19.4. The van der Waals surface area contributed by atoms with Crippen LogP contribution in [0.15, 0.2) is 47.5 Å². The Morgan fingerprint density at radius 3 is 1.89 bits per heavy atom. The first-order chi connectivity index (χ1) is 21.9. The van der Waals surface area contributed by atoms with Gasteiger partial charge >= 0.3 is 18.5 Å². The summed E-state index contributed by atoms with van der Waals surface area (Å²) in [5.41, 5.74) is -1.30. The molecular formula is C31H34F9N7. The van der Waals surface area contributed by atoms with Crippen LogP contribution in [0, 0.1) is 11.8 Å². The lowest BCUT2D eigenvalue weighted by Crippen LogP contribution is -2.51. The Morgan fingerprint density at radius 1 is 0.851 bits per heavy atom. The third-order valence-electron chi connectivity index (χ3n) is 8.03. The second kappa shape index (κ2) is 13.0. The number of rotatable bonds is 10. The smallest absolute Gasteiger partial charge is 0.356 e. The molecule has 1 heterocycles. The van der Waals surface area contributed by atoms with Gasteiger partial charge in [0, 0.05) is 51.2 Å². The van der Waals surface area contributed by atoms with Crippen LogP contribution in [-0.4, -0.2) is 48.1 Å². The lowest BCUT2D eigenvalue weighted by molar-refractivity contribution is -0.143. The summed E-state index contributed by atoms with van der Waals surface area (Å²) in [4.78, 5) is 12.1. The molecule has 5 rings (SSSR count). The van der Waals surface area contributed by atoms with Crippen LogP contribution in [0.2, 0.25) is 0 Å². The Labute approximate surface area is 265 Å². The van der Waals surface area contributed by atoms with Gasteiger partial charge in [0.25, 0.3) is 0 Å². The van der Waals surface area contributed by atoms with Crippen molar-refractivity contribution in [2.24, 2.45) is 22.7 Å². The van der Waals surface area contributed by atoms with Crippen LogP contribution in [0.4, 0.5) is 45.3 Å². The minimum Gasteiger partial charge on any atom is -0.356 e. The van der Waals surface area contributed by atoms with Crippen molar-refractivity contribution < 1.29 is 39.5 Å². The van der Waals surface area contributed by atoms with Gasteiger partial charge in [-0.05, 0) is 73.4 Å². The van der Waals surface area contributed by atoms with Gasteiger partial charge in [-0.3, -0.25) is 16.3 Å². The maximum Gasteiger partial charge on any atom is 0.418 e. The maximum atomic E-state index is 14.1. The summed E-state index contributed by atoms with van der Waals surface area (Å²) in [6.45, 7) is 0.422. The number of benzene rings is 2. The van der Waals surface area contributed by atoms with Gasteiger partial charge in [0.1, 0.15) is 5.82 Å². The van der Waals surface area contributed by atoms with Crippen LogP contribution >= 0.6 is 0 Å². The molecule has 0 bridgehead atoms. The van der Waals surface area contributed by atoms with Crippen LogP contribution in [-0.2, 0) is 31.6 Å². The molecule has 2 aliphatic carbocycles. The molecule has 16 heteroatoms. The standard InChI is InChI=1S/C31H34F9N7/c1-42-28(44-45(2)41)47(16-20-10-23(29(32,33)34)13-24(11-20)30(35,36)37)17-22-12-21-4-3-5-25(31(38,39)40)26(21)43-27(22)46(14-18-6-7-18)15-19-8-9-19/h3-5,10-13,18-19H,6-9,14-17,41H2,1-2H3,(H,42,44). The van der Waals surface area contributed by atoms with Crippen LogP contribution in [0.5, 0.6) is 0 Å². The topological polar surface area (TPSA) is 73.0 Å². The van der Waals surface area contributed by atoms with Gasteiger partial charge in [-0.1, -0.05) is 12.1 Å². The number of aromatic nitrogens is 1. The third kappa shape index (κ3) is 8.77. The van der Waals surface area contributed by atoms with Crippen molar-refractivity contribution in [2.45, 2.75) is 57.3 Å². The molecule has 0 amide bonds.